The zero-order valence-corrected chi connectivity index (χ0v) is 11.3. The Labute approximate surface area is 120 Å². The van der Waals surface area contributed by atoms with Gasteiger partial charge in [0.2, 0.25) is 0 Å². The molecular weight excluding hydrogens is 266 g/mol. The van der Waals surface area contributed by atoms with Gasteiger partial charge in [0.25, 0.3) is 0 Å². The van der Waals surface area contributed by atoms with E-state index in [4.69, 9.17) is 4.74 Å². The van der Waals surface area contributed by atoms with E-state index in [0.29, 0.717) is 5.65 Å². The first-order valence-electron chi connectivity index (χ1n) is 6.45. The van der Waals surface area contributed by atoms with Crippen LogP contribution in [0, 0.1) is 0 Å². The van der Waals surface area contributed by atoms with E-state index in [1.807, 2.05) is 30.3 Å². The van der Waals surface area contributed by atoms with Gasteiger partial charge in [-0.05, 0) is 30.3 Å². The van der Waals surface area contributed by atoms with Gasteiger partial charge < -0.3 is 4.74 Å². The molecule has 0 amide bonds. The van der Waals surface area contributed by atoms with E-state index in [1.165, 1.54) is 0 Å². The average molecular weight is 277 g/mol. The predicted octanol–water partition coefficient (Wildman–Crippen LogP) is 2.35. The molecule has 0 saturated carbocycles. The molecule has 0 aliphatic carbocycles. The van der Waals surface area contributed by atoms with E-state index >= 15 is 0 Å². The smallest absolute Gasteiger partial charge is 0.186 e. The fourth-order valence-electron chi connectivity index (χ4n) is 2.38. The van der Waals surface area contributed by atoms with Crippen molar-refractivity contribution in [2.24, 2.45) is 0 Å². The molecule has 1 aromatic carbocycles. The van der Waals surface area contributed by atoms with Crippen LogP contribution in [0.5, 0.6) is 5.75 Å². The molecule has 4 rings (SSSR count). The molecule has 0 radical (unpaired) electrons. The molecule has 0 unspecified atom stereocenters. The Morgan fingerprint density at radius 2 is 1.90 bits per heavy atom. The van der Waals surface area contributed by atoms with E-state index in [2.05, 4.69) is 20.3 Å². The van der Waals surface area contributed by atoms with Crippen molar-refractivity contribution in [1.82, 2.24) is 24.8 Å². The Hall–Kier alpha value is -3.02. The van der Waals surface area contributed by atoms with Gasteiger partial charge in [0.15, 0.2) is 5.65 Å². The molecule has 6 heteroatoms. The van der Waals surface area contributed by atoms with Crippen molar-refractivity contribution in [2.75, 3.05) is 7.11 Å². The molecular formula is C15H11N5O. The number of pyridine rings is 1. The van der Waals surface area contributed by atoms with E-state index < -0.39 is 0 Å². The largest absolute Gasteiger partial charge is 0.497 e. The van der Waals surface area contributed by atoms with Crippen LogP contribution in [0.2, 0.25) is 0 Å². The lowest BCUT2D eigenvalue weighted by molar-refractivity contribution is 0.415. The number of fused-ring (bicyclic) bond motifs is 3. The molecule has 0 aliphatic heterocycles. The molecule has 0 atom stereocenters. The molecule has 3 heterocycles. The molecule has 3 aromatic heterocycles. The van der Waals surface area contributed by atoms with Crippen LogP contribution in [-0.4, -0.2) is 31.9 Å². The van der Waals surface area contributed by atoms with Crippen molar-refractivity contribution in [2.45, 2.75) is 0 Å². The van der Waals surface area contributed by atoms with Crippen molar-refractivity contribution in [1.29, 1.82) is 0 Å². The van der Waals surface area contributed by atoms with Crippen LogP contribution in [0.15, 0.2) is 49.1 Å². The highest BCUT2D eigenvalue weighted by atomic mass is 16.5. The number of benzene rings is 1. The van der Waals surface area contributed by atoms with E-state index in [1.54, 1.807) is 30.3 Å². The van der Waals surface area contributed by atoms with Crippen molar-refractivity contribution >= 4 is 16.4 Å². The fourth-order valence-corrected chi connectivity index (χ4v) is 2.38. The Morgan fingerprint density at radius 3 is 2.71 bits per heavy atom. The molecule has 0 bridgehead atoms. The highest BCUT2D eigenvalue weighted by Crippen LogP contribution is 2.28. The number of methoxy groups -OCH3 is 1. The maximum Gasteiger partial charge on any atom is 0.186 e. The third-order valence-corrected chi connectivity index (χ3v) is 3.42. The number of rotatable bonds is 2. The van der Waals surface area contributed by atoms with Gasteiger partial charge in [-0.15, -0.1) is 10.2 Å². The lowest BCUT2D eigenvalue weighted by atomic mass is 10.1. The molecule has 0 fully saturated rings. The summed E-state index contributed by atoms with van der Waals surface area (Å²) in [5.41, 5.74) is 2.57. The van der Waals surface area contributed by atoms with Crippen LogP contribution < -0.4 is 4.74 Å². The Kier molecular flexibility index (Phi) is 2.53. The van der Waals surface area contributed by atoms with Gasteiger partial charge in [-0.25, -0.2) is 0 Å². The summed E-state index contributed by atoms with van der Waals surface area (Å²) >= 11 is 0. The van der Waals surface area contributed by atoms with Crippen molar-refractivity contribution < 1.29 is 4.74 Å². The van der Waals surface area contributed by atoms with Crippen LogP contribution in [0.25, 0.3) is 27.7 Å². The van der Waals surface area contributed by atoms with Crippen molar-refractivity contribution in [3.8, 4) is 17.0 Å². The summed E-state index contributed by atoms with van der Waals surface area (Å²) in [6.45, 7) is 0. The molecule has 0 N–H and O–H groups in total. The summed E-state index contributed by atoms with van der Waals surface area (Å²) in [5.74, 6) is 0.815. The summed E-state index contributed by atoms with van der Waals surface area (Å²) in [6.07, 6.45) is 5.13. The minimum Gasteiger partial charge on any atom is -0.497 e. The lowest BCUT2D eigenvalue weighted by Crippen LogP contribution is -1.97. The highest BCUT2D eigenvalue weighted by molar-refractivity contribution is 6.00. The zero-order chi connectivity index (χ0) is 14.2. The van der Waals surface area contributed by atoms with Gasteiger partial charge >= 0.3 is 0 Å². The van der Waals surface area contributed by atoms with Crippen LogP contribution >= 0.6 is 0 Å². The highest BCUT2D eigenvalue weighted by Gasteiger charge is 2.11. The second-order valence-corrected chi connectivity index (χ2v) is 4.60. The van der Waals surface area contributed by atoms with Crippen LogP contribution in [0.3, 0.4) is 0 Å². The van der Waals surface area contributed by atoms with Gasteiger partial charge in [0.05, 0.1) is 12.8 Å². The van der Waals surface area contributed by atoms with Gasteiger partial charge in [0, 0.05) is 28.7 Å². The van der Waals surface area contributed by atoms with E-state index in [0.717, 1.165) is 27.8 Å². The molecule has 102 valence electrons. The average Bonchev–Trinajstić information content (AvgIpc) is 3.03. The van der Waals surface area contributed by atoms with Crippen molar-refractivity contribution in [3.05, 3.63) is 49.1 Å². The Balaban J connectivity index is 2.04. The standard InChI is InChI=1S/C15H11N5O/c1-21-11-4-2-10(3-5-11)14-12-6-7-16-8-13(12)15-18-17-9-20(15)19-14/h2-9H,1H3. The third kappa shape index (κ3) is 1.80. The normalized spacial score (nSPS) is 11.1. The number of hydrogen-bond donors (Lipinski definition) is 0. The van der Waals surface area contributed by atoms with Crippen LogP contribution in [0.1, 0.15) is 0 Å². The Morgan fingerprint density at radius 1 is 1.05 bits per heavy atom. The fraction of sp³-hybridized carbons (Fsp3) is 0.0667. The van der Waals surface area contributed by atoms with Crippen molar-refractivity contribution in [3.63, 3.8) is 0 Å². The molecule has 4 aromatic rings. The molecule has 21 heavy (non-hydrogen) atoms. The minimum atomic E-state index is 0.704. The number of aromatic nitrogens is 5. The van der Waals surface area contributed by atoms with E-state index in [9.17, 15) is 0 Å². The monoisotopic (exact) mass is 277 g/mol. The summed E-state index contributed by atoms with van der Waals surface area (Å²) < 4.78 is 6.86. The molecule has 6 nitrogen and oxygen atoms in total. The summed E-state index contributed by atoms with van der Waals surface area (Å²) in [4.78, 5) is 4.18. The number of nitrogens with zero attached hydrogens (tertiary/aromatic N) is 5. The first-order chi connectivity index (χ1) is 10.4. The van der Waals surface area contributed by atoms with Crippen LogP contribution in [-0.2, 0) is 0 Å². The summed E-state index contributed by atoms with van der Waals surface area (Å²) in [5, 5.41) is 14.6. The minimum absolute atomic E-state index is 0.704. The quantitative estimate of drug-likeness (QED) is 0.562. The van der Waals surface area contributed by atoms with Gasteiger partial charge in [-0.2, -0.15) is 9.61 Å². The SMILES string of the molecule is COc1ccc(-c2nn3cnnc3c3cnccc23)cc1. The third-order valence-electron chi connectivity index (χ3n) is 3.42. The first kappa shape index (κ1) is 11.8. The van der Waals surface area contributed by atoms with Gasteiger partial charge in [-0.1, -0.05) is 0 Å². The second kappa shape index (κ2) is 4.52. The topological polar surface area (TPSA) is 65.2 Å². The molecule has 0 spiro atoms. The number of ether oxygens (including phenoxy) is 1. The number of hydrogen-bond acceptors (Lipinski definition) is 5. The molecule has 0 saturated heterocycles. The maximum absolute atomic E-state index is 5.19. The lowest BCUT2D eigenvalue weighted by Gasteiger charge is -2.07. The molecule has 0 aliphatic rings. The maximum atomic E-state index is 5.19. The summed E-state index contributed by atoms with van der Waals surface area (Å²) in [6, 6.07) is 9.74. The predicted molar refractivity (Wildman–Crippen MR) is 78.1 cm³/mol. The Bertz CT molecular complexity index is 930. The zero-order valence-electron chi connectivity index (χ0n) is 11.3. The second-order valence-electron chi connectivity index (χ2n) is 4.60. The van der Waals surface area contributed by atoms with E-state index in [-0.39, 0.29) is 0 Å². The van der Waals surface area contributed by atoms with Gasteiger partial charge in [0.1, 0.15) is 12.1 Å². The van der Waals surface area contributed by atoms with Gasteiger partial charge in [-0.3, -0.25) is 4.98 Å². The first-order valence-corrected chi connectivity index (χ1v) is 6.45. The summed E-state index contributed by atoms with van der Waals surface area (Å²) in [7, 11) is 1.65. The van der Waals surface area contributed by atoms with Crippen LogP contribution in [0.4, 0.5) is 0 Å².